The third-order valence-electron chi connectivity index (χ3n) is 4.91. The topological polar surface area (TPSA) is 56.1 Å². The van der Waals surface area contributed by atoms with Crippen molar-refractivity contribution in [2.45, 2.75) is 25.5 Å². The highest BCUT2D eigenvalue weighted by molar-refractivity contribution is 5.95. The van der Waals surface area contributed by atoms with E-state index in [1.165, 1.54) is 6.07 Å². The zero-order valence-electron chi connectivity index (χ0n) is 15.1. The van der Waals surface area contributed by atoms with E-state index < -0.39 is 11.9 Å². The van der Waals surface area contributed by atoms with Crippen LogP contribution >= 0.6 is 0 Å². The van der Waals surface area contributed by atoms with Crippen molar-refractivity contribution in [3.63, 3.8) is 0 Å². The lowest BCUT2D eigenvalue weighted by molar-refractivity contribution is 0.0906. The molecule has 0 saturated heterocycles. The molecule has 0 spiro atoms. The molecule has 0 fully saturated rings. The van der Waals surface area contributed by atoms with E-state index in [1.54, 1.807) is 23.0 Å². The van der Waals surface area contributed by atoms with Gasteiger partial charge in [0.2, 0.25) is 0 Å². The molecule has 0 saturated carbocycles. The van der Waals surface area contributed by atoms with Crippen LogP contribution in [0.15, 0.2) is 54.7 Å². The summed E-state index contributed by atoms with van der Waals surface area (Å²) in [5, 5.41) is 7.23. The molecule has 1 N–H and O–H groups in total. The Morgan fingerprint density at radius 3 is 2.78 bits per heavy atom. The maximum absolute atomic E-state index is 14.0. The van der Waals surface area contributed by atoms with Gasteiger partial charge in [0.15, 0.2) is 11.6 Å². The normalized spacial score (nSPS) is 18.0. The minimum Gasteiger partial charge on any atom is -0.485 e. The van der Waals surface area contributed by atoms with Crippen LogP contribution in [0.4, 0.5) is 4.39 Å². The summed E-state index contributed by atoms with van der Waals surface area (Å²) >= 11 is 0. The number of ether oxygens (including phenoxy) is 1. The van der Waals surface area contributed by atoms with Gasteiger partial charge in [0, 0.05) is 19.0 Å². The van der Waals surface area contributed by atoms with Gasteiger partial charge in [-0.2, -0.15) is 5.10 Å². The number of para-hydroxylation sites is 1. The van der Waals surface area contributed by atoms with Crippen LogP contribution < -0.4 is 10.1 Å². The van der Waals surface area contributed by atoms with Crippen LogP contribution in [-0.2, 0) is 13.5 Å². The smallest absolute Gasteiger partial charge is 0.255 e. The SMILES string of the molecule is CC1Oc2c(F)cccc2C1NC(=O)c1cnn(C)c1Cc1ccccc1. The highest BCUT2D eigenvalue weighted by atomic mass is 19.1. The predicted molar refractivity (Wildman–Crippen MR) is 99.2 cm³/mol. The van der Waals surface area contributed by atoms with Crippen LogP contribution in [0.2, 0.25) is 0 Å². The first-order valence-corrected chi connectivity index (χ1v) is 8.85. The number of halogens is 1. The second-order valence-corrected chi connectivity index (χ2v) is 6.72. The molecule has 0 aliphatic carbocycles. The van der Waals surface area contributed by atoms with Crippen molar-refractivity contribution in [3.8, 4) is 5.75 Å². The number of carbonyl (C=O) groups excluding carboxylic acids is 1. The number of nitrogens with one attached hydrogen (secondary N) is 1. The highest BCUT2D eigenvalue weighted by Gasteiger charge is 2.35. The third kappa shape index (κ3) is 3.18. The zero-order chi connectivity index (χ0) is 19.0. The van der Waals surface area contributed by atoms with Crippen molar-refractivity contribution >= 4 is 5.91 Å². The minimum absolute atomic E-state index is 0.214. The molecular formula is C21H20FN3O2. The second-order valence-electron chi connectivity index (χ2n) is 6.72. The van der Waals surface area contributed by atoms with Gasteiger partial charge in [0.25, 0.3) is 5.91 Å². The number of carbonyl (C=O) groups is 1. The summed E-state index contributed by atoms with van der Waals surface area (Å²) < 4.78 is 21.3. The molecular weight excluding hydrogens is 345 g/mol. The first kappa shape index (κ1) is 17.3. The fraction of sp³-hybridized carbons (Fsp3) is 0.238. The Morgan fingerprint density at radius 1 is 1.22 bits per heavy atom. The summed E-state index contributed by atoms with van der Waals surface area (Å²) in [5.74, 6) is -0.445. The number of nitrogens with zero attached hydrogens (tertiary/aromatic N) is 2. The molecule has 5 nitrogen and oxygen atoms in total. The van der Waals surface area contributed by atoms with Gasteiger partial charge < -0.3 is 10.1 Å². The third-order valence-corrected chi connectivity index (χ3v) is 4.91. The number of amides is 1. The van der Waals surface area contributed by atoms with Crippen LogP contribution in [-0.4, -0.2) is 21.8 Å². The summed E-state index contributed by atoms with van der Waals surface area (Å²) in [7, 11) is 1.82. The molecule has 2 atom stereocenters. The molecule has 0 radical (unpaired) electrons. The average molecular weight is 365 g/mol. The van der Waals surface area contributed by atoms with E-state index in [1.807, 2.05) is 44.3 Å². The van der Waals surface area contributed by atoms with Crippen LogP contribution in [0.5, 0.6) is 5.75 Å². The summed E-state index contributed by atoms with van der Waals surface area (Å²) in [5.41, 5.74) is 3.09. The number of aromatic nitrogens is 2. The fourth-order valence-corrected chi connectivity index (χ4v) is 3.47. The van der Waals surface area contributed by atoms with Gasteiger partial charge in [0.05, 0.1) is 23.5 Å². The molecule has 4 rings (SSSR count). The summed E-state index contributed by atoms with van der Waals surface area (Å²) in [6.07, 6.45) is 1.82. The van der Waals surface area contributed by atoms with Gasteiger partial charge in [-0.25, -0.2) is 4.39 Å². The number of rotatable bonds is 4. The Morgan fingerprint density at radius 2 is 2.00 bits per heavy atom. The molecule has 1 aliphatic heterocycles. The van der Waals surface area contributed by atoms with E-state index in [-0.39, 0.29) is 17.8 Å². The van der Waals surface area contributed by atoms with Gasteiger partial charge in [-0.15, -0.1) is 0 Å². The van der Waals surface area contributed by atoms with Gasteiger partial charge in [-0.1, -0.05) is 42.5 Å². The minimum atomic E-state index is -0.415. The van der Waals surface area contributed by atoms with Gasteiger partial charge in [-0.3, -0.25) is 9.48 Å². The molecule has 0 bridgehead atoms. The van der Waals surface area contributed by atoms with Crippen LogP contribution in [0.1, 0.15) is 40.1 Å². The number of hydrogen-bond acceptors (Lipinski definition) is 3. The lowest BCUT2D eigenvalue weighted by atomic mass is 10.0. The van der Waals surface area contributed by atoms with Crippen molar-refractivity contribution in [1.29, 1.82) is 0 Å². The van der Waals surface area contributed by atoms with E-state index in [2.05, 4.69) is 10.4 Å². The number of fused-ring (bicyclic) bond motifs is 1. The molecule has 1 amide bonds. The second kappa shape index (κ2) is 6.87. The molecule has 3 aromatic rings. The lowest BCUT2D eigenvalue weighted by Gasteiger charge is -2.17. The van der Waals surface area contributed by atoms with Crippen LogP contribution in [0, 0.1) is 5.82 Å². The zero-order valence-corrected chi connectivity index (χ0v) is 15.1. The fourth-order valence-electron chi connectivity index (χ4n) is 3.47. The quantitative estimate of drug-likeness (QED) is 0.771. The highest BCUT2D eigenvalue weighted by Crippen LogP contribution is 2.38. The molecule has 138 valence electrons. The standard InChI is InChI=1S/C21H20FN3O2/c1-13-19(15-9-6-10-17(22)20(15)27-13)24-21(26)16-12-23-25(2)18(16)11-14-7-4-3-5-8-14/h3-10,12-13,19H,11H2,1-2H3,(H,24,26). The van der Waals surface area contributed by atoms with Crippen molar-refractivity contribution < 1.29 is 13.9 Å². The van der Waals surface area contributed by atoms with Crippen LogP contribution in [0.3, 0.4) is 0 Å². The Balaban J connectivity index is 1.59. The van der Waals surface area contributed by atoms with Gasteiger partial charge in [0.1, 0.15) is 6.10 Å². The van der Waals surface area contributed by atoms with Crippen molar-refractivity contribution in [3.05, 3.63) is 82.9 Å². The van der Waals surface area contributed by atoms with E-state index in [0.717, 1.165) is 11.3 Å². The van der Waals surface area contributed by atoms with E-state index >= 15 is 0 Å². The van der Waals surface area contributed by atoms with Crippen molar-refractivity contribution in [1.82, 2.24) is 15.1 Å². The van der Waals surface area contributed by atoms with Crippen LogP contribution in [0.25, 0.3) is 0 Å². The lowest BCUT2D eigenvalue weighted by Crippen LogP contribution is -2.34. The van der Waals surface area contributed by atoms with E-state index in [4.69, 9.17) is 4.74 Å². The maximum Gasteiger partial charge on any atom is 0.255 e. The van der Waals surface area contributed by atoms with Gasteiger partial charge in [-0.05, 0) is 18.6 Å². The Bertz CT molecular complexity index is 984. The predicted octanol–water partition coefficient (Wildman–Crippen LogP) is 3.40. The number of benzene rings is 2. The molecule has 1 aliphatic rings. The molecule has 2 unspecified atom stereocenters. The first-order chi connectivity index (χ1) is 13.0. The van der Waals surface area contributed by atoms with Crippen molar-refractivity contribution in [2.24, 2.45) is 7.05 Å². The summed E-state index contributed by atoms with van der Waals surface area (Å²) in [4.78, 5) is 13.0. The molecule has 27 heavy (non-hydrogen) atoms. The van der Waals surface area contributed by atoms with Gasteiger partial charge >= 0.3 is 0 Å². The van der Waals surface area contributed by atoms with E-state index in [0.29, 0.717) is 17.5 Å². The number of aryl methyl sites for hydroxylation is 1. The Hall–Kier alpha value is -3.15. The first-order valence-electron chi connectivity index (χ1n) is 8.85. The van der Waals surface area contributed by atoms with E-state index in [9.17, 15) is 9.18 Å². The molecule has 2 heterocycles. The summed E-state index contributed by atoms with van der Waals surface area (Å²) in [6.45, 7) is 1.82. The molecule has 2 aromatic carbocycles. The maximum atomic E-state index is 14.0. The monoisotopic (exact) mass is 365 g/mol. The Labute approximate surface area is 156 Å². The molecule has 1 aromatic heterocycles. The average Bonchev–Trinajstić information content (AvgIpc) is 3.18. The Kier molecular flexibility index (Phi) is 4.39. The molecule has 6 heteroatoms. The largest absolute Gasteiger partial charge is 0.485 e. The van der Waals surface area contributed by atoms with Crippen molar-refractivity contribution in [2.75, 3.05) is 0 Å². The summed E-state index contributed by atoms with van der Waals surface area (Å²) in [6, 6.07) is 14.3. The number of hydrogen-bond donors (Lipinski definition) is 1.